The highest BCUT2D eigenvalue weighted by atomic mass is 16.6. The second kappa shape index (κ2) is 17.9. The molecule has 0 heterocycles. The lowest BCUT2D eigenvalue weighted by Crippen LogP contribution is -2.55. The Bertz CT molecular complexity index is 1220. The molecule has 2 aromatic rings. The maximum atomic E-state index is 13.7. The van der Waals surface area contributed by atoms with Crippen LogP contribution in [-0.4, -0.2) is 58.3 Å². The SMILES string of the molecule is Cc1cc(O)cc(C)c1C[C@H](NC(=O)OC(C)(C)C)C(=O)N[C@H](CCCCCCC(=O)O)C(=O)NCCCc1ccccc1. The minimum Gasteiger partial charge on any atom is -0.508 e. The number of ether oxygens (including phenoxy) is 1. The predicted octanol–water partition coefficient (Wildman–Crippen LogP) is 5.10. The van der Waals surface area contributed by atoms with Crippen molar-refractivity contribution in [2.45, 2.75) is 110 Å². The zero-order chi connectivity index (χ0) is 32.7. The number of amides is 3. The molecule has 0 aromatic heterocycles. The standard InChI is InChI=1S/C34H49N3O7/c1-23-20-26(38)21-24(2)27(23)22-29(37-33(43)44-34(3,4)5)32(42)36-28(17-11-6-7-12-18-30(39)40)31(41)35-19-13-16-25-14-9-8-10-15-25/h8-10,14-15,20-21,28-29,38H,6-7,11-13,16-19,22H2,1-5H3,(H,35,41)(H,36,42)(H,37,43)(H,39,40)/t28-,29+/m1/s1. The molecule has 2 rings (SSSR count). The molecule has 0 aliphatic heterocycles. The second-order valence-electron chi connectivity index (χ2n) is 12.2. The summed E-state index contributed by atoms with van der Waals surface area (Å²) in [7, 11) is 0. The van der Waals surface area contributed by atoms with Gasteiger partial charge in [-0.15, -0.1) is 0 Å². The van der Waals surface area contributed by atoms with E-state index in [1.54, 1.807) is 32.9 Å². The smallest absolute Gasteiger partial charge is 0.408 e. The fraction of sp³-hybridized carbons (Fsp3) is 0.529. The van der Waals surface area contributed by atoms with Gasteiger partial charge in [0.15, 0.2) is 0 Å². The summed E-state index contributed by atoms with van der Waals surface area (Å²) in [5.41, 5.74) is 2.71. The number of phenols is 1. The second-order valence-corrected chi connectivity index (χ2v) is 12.2. The van der Waals surface area contributed by atoms with Gasteiger partial charge in [0.2, 0.25) is 11.8 Å². The van der Waals surface area contributed by atoms with E-state index in [1.807, 2.05) is 44.2 Å². The first kappa shape index (κ1) is 36.1. The molecule has 0 aliphatic carbocycles. The monoisotopic (exact) mass is 611 g/mol. The molecule has 242 valence electrons. The van der Waals surface area contributed by atoms with Crippen LogP contribution in [0.2, 0.25) is 0 Å². The van der Waals surface area contributed by atoms with Gasteiger partial charge in [-0.3, -0.25) is 14.4 Å². The Morgan fingerprint density at radius 3 is 2.09 bits per heavy atom. The Hall–Kier alpha value is -4.08. The first-order valence-corrected chi connectivity index (χ1v) is 15.4. The van der Waals surface area contributed by atoms with Crippen LogP contribution in [0.4, 0.5) is 4.79 Å². The number of alkyl carbamates (subject to hydrolysis) is 1. The number of rotatable bonds is 17. The molecule has 2 atom stereocenters. The van der Waals surface area contributed by atoms with Gasteiger partial charge in [-0.25, -0.2) is 4.79 Å². The van der Waals surface area contributed by atoms with Crippen LogP contribution in [0.5, 0.6) is 5.75 Å². The fourth-order valence-corrected chi connectivity index (χ4v) is 4.95. The molecule has 0 fully saturated rings. The van der Waals surface area contributed by atoms with Crippen molar-refractivity contribution in [3.63, 3.8) is 0 Å². The largest absolute Gasteiger partial charge is 0.508 e. The molecule has 3 amide bonds. The van der Waals surface area contributed by atoms with Crippen molar-refractivity contribution in [3.05, 3.63) is 64.7 Å². The van der Waals surface area contributed by atoms with E-state index >= 15 is 0 Å². The number of aromatic hydroxyl groups is 1. The van der Waals surface area contributed by atoms with Crippen molar-refractivity contribution in [1.29, 1.82) is 0 Å². The molecule has 2 aromatic carbocycles. The van der Waals surface area contributed by atoms with Gasteiger partial charge < -0.3 is 30.9 Å². The number of aryl methyl sites for hydroxylation is 3. The lowest BCUT2D eigenvalue weighted by molar-refractivity contribution is -0.137. The van der Waals surface area contributed by atoms with Gasteiger partial charge in [0.05, 0.1) is 0 Å². The molecular formula is C34H49N3O7. The van der Waals surface area contributed by atoms with Gasteiger partial charge in [-0.1, -0.05) is 49.6 Å². The number of carbonyl (C=O) groups is 4. The van der Waals surface area contributed by atoms with Crippen LogP contribution in [-0.2, 0) is 32.0 Å². The molecule has 0 aliphatic rings. The number of hydrogen-bond donors (Lipinski definition) is 5. The number of unbranched alkanes of at least 4 members (excludes halogenated alkanes) is 3. The van der Waals surface area contributed by atoms with Gasteiger partial charge in [0, 0.05) is 19.4 Å². The number of carboxylic acid groups (broad SMARTS) is 1. The number of carboxylic acids is 1. The molecule has 10 heteroatoms. The highest BCUT2D eigenvalue weighted by molar-refractivity contribution is 5.91. The van der Waals surface area contributed by atoms with Crippen LogP contribution in [0.3, 0.4) is 0 Å². The summed E-state index contributed by atoms with van der Waals surface area (Å²) in [4.78, 5) is 50.6. The summed E-state index contributed by atoms with van der Waals surface area (Å²) < 4.78 is 5.42. The van der Waals surface area contributed by atoms with Crippen molar-refractivity contribution < 1.29 is 34.1 Å². The summed E-state index contributed by atoms with van der Waals surface area (Å²) in [6.07, 6.45) is 3.93. The molecule has 0 spiro atoms. The summed E-state index contributed by atoms with van der Waals surface area (Å²) in [6, 6.07) is 11.3. The highest BCUT2D eigenvalue weighted by Crippen LogP contribution is 2.22. The van der Waals surface area contributed by atoms with Crippen molar-refractivity contribution in [2.75, 3.05) is 6.54 Å². The quantitative estimate of drug-likeness (QED) is 0.156. The Labute approximate surface area is 261 Å². The predicted molar refractivity (Wildman–Crippen MR) is 169 cm³/mol. The summed E-state index contributed by atoms with van der Waals surface area (Å²) in [6.45, 7) is 9.25. The van der Waals surface area contributed by atoms with Crippen molar-refractivity contribution in [3.8, 4) is 5.75 Å². The first-order chi connectivity index (χ1) is 20.7. The van der Waals surface area contributed by atoms with E-state index < -0.39 is 35.7 Å². The summed E-state index contributed by atoms with van der Waals surface area (Å²) in [5, 5.41) is 27.3. The minimum absolute atomic E-state index is 0.0934. The summed E-state index contributed by atoms with van der Waals surface area (Å²) >= 11 is 0. The van der Waals surface area contributed by atoms with Crippen molar-refractivity contribution in [2.24, 2.45) is 0 Å². The third-order valence-corrected chi connectivity index (χ3v) is 7.15. The van der Waals surface area contributed by atoms with E-state index in [-0.39, 0.29) is 24.5 Å². The lowest BCUT2D eigenvalue weighted by Gasteiger charge is -2.26. The van der Waals surface area contributed by atoms with Crippen LogP contribution >= 0.6 is 0 Å². The molecule has 44 heavy (non-hydrogen) atoms. The lowest BCUT2D eigenvalue weighted by atomic mass is 9.95. The van der Waals surface area contributed by atoms with Crippen LogP contribution in [0.1, 0.15) is 88.0 Å². The van der Waals surface area contributed by atoms with Gasteiger partial charge in [0.25, 0.3) is 0 Å². The summed E-state index contributed by atoms with van der Waals surface area (Å²) in [5.74, 6) is -1.58. The Kier molecular flexibility index (Phi) is 14.7. The van der Waals surface area contributed by atoms with E-state index in [1.165, 1.54) is 5.56 Å². The average molecular weight is 612 g/mol. The van der Waals surface area contributed by atoms with Crippen LogP contribution in [0.25, 0.3) is 0 Å². The maximum Gasteiger partial charge on any atom is 0.408 e. The number of phenolic OH excluding ortho intramolecular Hbond substituents is 1. The average Bonchev–Trinajstić information content (AvgIpc) is 2.92. The minimum atomic E-state index is -1.05. The molecule has 0 bridgehead atoms. The zero-order valence-corrected chi connectivity index (χ0v) is 26.7. The molecule has 5 N–H and O–H groups in total. The number of hydrogen-bond acceptors (Lipinski definition) is 6. The van der Waals surface area contributed by atoms with Gasteiger partial charge in [-0.2, -0.15) is 0 Å². The fourth-order valence-electron chi connectivity index (χ4n) is 4.95. The number of aliphatic carboxylic acids is 1. The van der Waals surface area contributed by atoms with Crippen LogP contribution in [0.15, 0.2) is 42.5 Å². The van der Waals surface area contributed by atoms with E-state index in [0.717, 1.165) is 29.5 Å². The molecule has 10 nitrogen and oxygen atoms in total. The Morgan fingerprint density at radius 1 is 0.841 bits per heavy atom. The highest BCUT2D eigenvalue weighted by Gasteiger charge is 2.29. The molecule has 0 saturated heterocycles. The topological polar surface area (TPSA) is 154 Å². The Morgan fingerprint density at radius 2 is 1.48 bits per heavy atom. The third-order valence-electron chi connectivity index (χ3n) is 7.15. The molecule has 0 radical (unpaired) electrons. The van der Waals surface area contributed by atoms with Gasteiger partial charge in [-0.05, 0) is 94.7 Å². The van der Waals surface area contributed by atoms with Gasteiger partial charge >= 0.3 is 12.1 Å². The van der Waals surface area contributed by atoms with E-state index in [0.29, 0.717) is 38.6 Å². The number of benzene rings is 2. The molecule has 0 unspecified atom stereocenters. The van der Waals surface area contributed by atoms with Crippen LogP contribution in [0, 0.1) is 13.8 Å². The van der Waals surface area contributed by atoms with E-state index in [2.05, 4.69) is 16.0 Å². The van der Waals surface area contributed by atoms with E-state index in [9.17, 15) is 24.3 Å². The van der Waals surface area contributed by atoms with Crippen LogP contribution < -0.4 is 16.0 Å². The number of nitrogens with one attached hydrogen (secondary N) is 3. The van der Waals surface area contributed by atoms with Crippen molar-refractivity contribution in [1.82, 2.24) is 16.0 Å². The Balaban J connectivity index is 2.16. The van der Waals surface area contributed by atoms with Gasteiger partial charge in [0.1, 0.15) is 23.4 Å². The first-order valence-electron chi connectivity index (χ1n) is 15.4. The van der Waals surface area contributed by atoms with Crippen molar-refractivity contribution >= 4 is 23.9 Å². The third kappa shape index (κ3) is 13.9. The van der Waals surface area contributed by atoms with E-state index in [4.69, 9.17) is 9.84 Å². The maximum absolute atomic E-state index is 13.7. The normalized spacial score (nSPS) is 12.6. The molecule has 0 saturated carbocycles. The zero-order valence-electron chi connectivity index (χ0n) is 26.7. The number of carbonyl (C=O) groups excluding carboxylic acids is 3. The molecular weight excluding hydrogens is 562 g/mol.